The molecular formula is C26H32ClNO4S. The van der Waals surface area contributed by atoms with Gasteiger partial charge in [0.15, 0.2) is 0 Å². The predicted molar refractivity (Wildman–Crippen MR) is 133 cm³/mol. The number of methoxy groups -OCH3 is 1. The van der Waals surface area contributed by atoms with E-state index in [0.29, 0.717) is 5.92 Å². The standard InChI is InChI=1S/C26H32ClNO4S/c1-14-4-8-19(21(27)10-14)24-20(9-7-17(29)12-18(30)13-23(31)32-3)25(16-5-6-16)28-22-11-15(2)33-26(22)24/h4,7-11,16-18,20,24-25,28-30H,5-6,12-13H2,1-3H3/b9-7+/t17-,18-,20?,24?,25?/m1/s1. The number of thiophene rings is 1. The first-order valence-corrected chi connectivity index (χ1v) is 12.7. The molecule has 178 valence electrons. The van der Waals surface area contributed by atoms with Crippen molar-refractivity contribution in [2.45, 2.75) is 63.7 Å². The van der Waals surface area contributed by atoms with Crippen molar-refractivity contribution >= 4 is 34.6 Å². The van der Waals surface area contributed by atoms with Crippen LogP contribution in [0.4, 0.5) is 5.69 Å². The monoisotopic (exact) mass is 489 g/mol. The molecule has 1 aliphatic heterocycles. The topological polar surface area (TPSA) is 78.8 Å². The van der Waals surface area contributed by atoms with Crippen LogP contribution in [0.5, 0.6) is 0 Å². The van der Waals surface area contributed by atoms with Gasteiger partial charge in [-0.1, -0.05) is 35.9 Å². The summed E-state index contributed by atoms with van der Waals surface area (Å²) in [5.41, 5.74) is 3.42. The number of ether oxygens (including phenoxy) is 1. The summed E-state index contributed by atoms with van der Waals surface area (Å²) in [5.74, 6) is 0.290. The minimum atomic E-state index is -0.949. The molecule has 5 nitrogen and oxygen atoms in total. The fourth-order valence-corrected chi connectivity index (χ4v) is 6.37. The van der Waals surface area contributed by atoms with Gasteiger partial charge in [0.05, 0.1) is 25.7 Å². The Morgan fingerprint density at radius 2 is 2.06 bits per heavy atom. The van der Waals surface area contributed by atoms with Gasteiger partial charge in [0.1, 0.15) is 0 Å². The number of nitrogens with one attached hydrogen (secondary N) is 1. The molecule has 1 aromatic carbocycles. The highest BCUT2D eigenvalue weighted by atomic mass is 35.5. The van der Waals surface area contributed by atoms with E-state index < -0.39 is 18.2 Å². The largest absolute Gasteiger partial charge is 0.469 e. The summed E-state index contributed by atoms with van der Waals surface area (Å²) in [6, 6.07) is 8.73. The van der Waals surface area contributed by atoms with Crippen molar-refractivity contribution in [1.82, 2.24) is 0 Å². The Morgan fingerprint density at radius 1 is 1.30 bits per heavy atom. The Hall–Kier alpha value is -1.86. The number of aryl methyl sites for hydroxylation is 2. The summed E-state index contributed by atoms with van der Waals surface area (Å²) in [6.45, 7) is 4.17. The molecule has 0 spiro atoms. The Morgan fingerprint density at radius 3 is 2.73 bits per heavy atom. The number of hydrogen-bond donors (Lipinski definition) is 3. The van der Waals surface area contributed by atoms with Gasteiger partial charge in [-0.25, -0.2) is 0 Å². The number of aliphatic hydroxyl groups excluding tert-OH is 2. The molecule has 0 bridgehead atoms. The van der Waals surface area contributed by atoms with Crippen molar-refractivity contribution in [3.05, 3.63) is 62.3 Å². The molecule has 7 heteroatoms. The van der Waals surface area contributed by atoms with E-state index in [2.05, 4.69) is 41.3 Å². The molecule has 1 aliphatic carbocycles. The first-order valence-electron chi connectivity index (χ1n) is 11.5. The van der Waals surface area contributed by atoms with Gasteiger partial charge in [0, 0.05) is 44.8 Å². The van der Waals surface area contributed by atoms with Crippen LogP contribution in [-0.4, -0.2) is 41.5 Å². The molecule has 1 fully saturated rings. The summed E-state index contributed by atoms with van der Waals surface area (Å²) < 4.78 is 4.60. The van der Waals surface area contributed by atoms with Crippen LogP contribution < -0.4 is 5.32 Å². The highest BCUT2D eigenvalue weighted by Gasteiger charge is 2.44. The Balaban J connectivity index is 1.65. The van der Waals surface area contributed by atoms with E-state index in [0.717, 1.165) is 16.1 Å². The van der Waals surface area contributed by atoms with Gasteiger partial charge in [0.2, 0.25) is 0 Å². The van der Waals surface area contributed by atoms with E-state index in [9.17, 15) is 15.0 Å². The number of halogens is 1. The van der Waals surface area contributed by atoms with E-state index in [1.54, 1.807) is 17.4 Å². The Labute approximate surface area is 204 Å². The third-order valence-electron chi connectivity index (χ3n) is 6.61. The van der Waals surface area contributed by atoms with Crippen molar-refractivity contribution in [2.24, 2.45) is 11.8 Å². The second kappa shape index (κ2) is 10.2. The van der Waals surface area contributed by atoms with Crippen molar-refractivity contribution < 1.29 is 19.7 Å². The Kier molecular flexibility index (Phi) is 7.49. The van der Waals surface area contributed by atoms with Crippen LogP contribution in [0.2, 0.25) is 5.02 Å². The van der Waals surface area contributed by atoms with Gasteiger partial charge in [-0.05, 0) is 55.9 Å². The Bertz CT molecular complexity index is 1030. The molecular weight excluding hydrogens is 458 g/mol. The lowest BCUT2D eigenvalue weighted by Crippen LogP contribution is -2.38. The normalized spacial score (nSPS) is 24.2. The van der Waals surface area contributed by atoms with Gasteiger partial charge in [-0.3, -0.25) is 4.79 Å². The van der Waals surface area contributed by atoms with Crippen LogP contribution in [-0.2, 0) is 9.53 Å². The van der Waals surface area contributed by atoms with E-state index in [1.165, 1.54) is 35.4 Å². The molecule has 0 saturated heterocycles. The highest BCUT2D eigenvalue weighted by molar-refractivity contribution is 7.12. The number of carbonyl (C=O) groups excluding carboxylic acids is 1. The summed E-state index contributed by atoms with van der Waals surface area (Å²) in [4.78, 5) is 13.9. The quantitative estimate of drug-likeness (QED) is 0.351. The maximum Gasteiger partial charge on any atom is 0.308 e. The molecule has 1 saturated carbocycles. The average molecular weight is 490 g/mol. The maximum atomic E-state index is 11.4. The molecule has 0 radical (unpaired) electrons. The zero-order chi connectivity index (χ0) is 23.7. The minimum absolute atomic E-state index is 0.0825. The summed E-state index contributed by atoms with van der Waals surface area (Å²) in [6.07, 6.45) is 4.38. The van der Waals surface area contributed by atoms with Crippen molar-refractivity contribution in [2.75, 3.05) is 12.4 Å². The lowest BCUT2D eigenvalue weighted by molar-refractivity contribution is -0.143. The highest BCUT2D eigenvalue weighted by Crippen LogP contribution is 2.53. The molecule has 4 rings (SSSR count). The summed E-state index contributed by atoms with van der Waals surface area (Å²) >= 11 is 8.56. The van der Waals surface area contributed by atoms with Crippen LogP contribution >= 0.6 is 22.9 Å². The molecule has 1 aromatic heterocycles. The van der Waals surface area contributed by atoms with Crippen LogP contribution in [0.25, 0.3) is 0 Å². The van der Waals surface area contributed by atoms with Crippen LogP contribution in [0.3, 0.4) is 0 Å². The number of esters is 1. The maximum absolute atomic E-state index is 11.4. The first-order chi connectivity index (χ1) is 15.8. The summed E-state index contributed by atoms with van der Waals surface area (Å²) in [7, 11) is 1.29. The molecule has 0 amide bonds. The van der Waals surface area contributed by atoms with Gasteiger partial charge in [-0.15, -0.1) is 11.3 Å². The molecule has 2 aromatic rings. The van der Waals surface area contributed by atoms with E-state index in [4.69, 9.17) is 11.6 Å². The summed E-state index contributed by atoms with van der Waals surface area (Å²) in [5, 5.41) is 25.2. The van der Waals surface area contributed by atoms with Gasteiger partial charge in [-0.2, -0.15) is 0 Å². The lowest BCUT2D eigenvalue weighted by Gasteiger charge is -2.39. The van der Waals surface area contributed by atoms with E-state index in [-0.39, 0.29) is 30.7 Å². The second-order valence-electron chi connectivity index (χ2n) is 9.34. The molecule has 3 unspecified atom stereocenters. The third kappa shape index (κ3) is 5.62. The van der Waals surface area contributed by atoms with Crippen LogP contribution in [0.1, 0.15) is 52.5 Å². The molecule has 2 heterocycles. The SMILES string of the molecule is COC(=O)C[C@H](O)C[C@H](O)/C=C/C1C(c2ccc(C)cc2Cl)c2sc(C)cc2NC1C1CC1. The third-order valence-corrected chi connectivity index (χ3v) is 8.07. The fourth-order valence-electron chi connectivity index (χ4n) is 4.86. The molecule has 33 heavy (non-hydrogen) atoms. The number of rotatable bonds is 8. The second-order valence-corrected chi connectivity index (χ2v) is 11.0. The smallest absolute Gasteiger partial charge is 0.308 e. The number of hydrogen-bond acceptors (Lipinski definition) is 6. The van der Waals surface area contributed by atoms with Gasteiger partial charge < -0.3 is 20.3 Å². The lowest BCUT2D eigenvalue weighted by atomic mass is 9.75. The van der Waals surface area contributed by atoms with E-state index >= 15 is 0 Å². The van der Waals surface area contributed by atoms with Gasteiger partial charge >= 0.3 is 5.97 Å². The number of benzene rings is 1. The predicted octanol–water partition coefficient (Wildman–Crippen LogP) is 5.20. The van der Waals surface area contributed by atoms with Crippen molar-refractivity contribution in [1.29, 1.82) is 0 Å². The first kappa shape index (κ1) is 24.3. The minimum Gasteiger partial charge on any atom is -0.469 e. The van der Waals surface area contributed by atoms with Gasteiger partial charge in [0.25, 0.3) is 0 Å². The van der Waals surface area contributed by atoms with Crippen molar-refractivity contribution in [3.8, 4) is 0 Å². The molecule has 3 N–H and O–H groups in total. The molecule has 2 aliphatic rings. The number of anilines is 1. The fraction of sp³-hybridized carbons (Fsp3) is 0.500. The average Bonchev–Trinajstić information content (AvgIpc) is 3.52. The van der Waals surface area contributed by atoms with Crippen LogP contribution in [0, 0.1) is 25.7 Å². The number of fused-ring (bicyclic) bond motifs is 1. The van der Waals surface area contributed by atoms with E-state index in [1.807, 2.05) is 13.0 Å². The van der Waals surface area contributed by atoms with Crippen molar-refractivity contribution in [3.63, 3.8) is 0 Å². The zero-order valence-corrected chi connectivity index (χ0v) is 20.8. The zero-order valence-electron chi connectivity index (χ0n) is 19.3. The number of aliphatic hydroxyl groups is 2. The number of carbonyl (C=O) groups is 1. The van der Waals surface area contributed by atoms with Crippen LogP contribution in [0.15, 0.2) is 36.4 Å². The molecule has 5 atom stereocenters.